The molecule has 1 aromatic rings. The highest BCUT2D eigenvalue weighted by Gasteiger charge is 2.22. The number of aryl methyl sites for hydroxylation is 1. The molecule has 0 spiro atoms. The second-order valence-electron chi connectivity index (χ2n) is 4.35. The van der Waals surface area contributed by atoms with Crippen LogP contribution in [0.5, 0.6) is 0 Å². The number of carbonyl (C=O) groups is 1. The molecule has 1 aromatic carbocycles. The highest BCUT2D eigenvalue weighted by molar-refractivity contribution is 5.77. The number of ether oxygens (including phenoxy) is 1. The van der Waals surface area contributed by atoms with Crippen molar-refractivity contribution < 1.29 is 9.53 Å². The number of methoxy groups -OCH3 is 1. The van der Waals surface area contributed by atoms with Gasteiger partial charge in [-0.15, -0.1) is 0 Å². The summed E-state index contributed by atoms with van der Waals surface area (Å²) in [6, 6.07) is 7.83. The second-order valence-corrected chi connectivity index (χ2v) is 4.35. The van der Waals surface area contributed by atoms with Gasteiger partial charge in [0.25, 0.3) is 0 Å². The van der Waals surface area contributed by atoms with Crippen molar-refractivity contribution in [1.82, 2.24) is 5.32 Å². The Labute approximate surface area is 103 Å². The monoisotopic (exact) mass is 235 g/mol. The lowest BCUT2D eigenvalue weighted by Gasteiger charge is -2.21. The fraction of sp³-hybridized carbons (Fsp3) is 0.500. The molecule has 2 unspecified atom stereocenters. The molecular formula is C14H21NO2. The molecule has 0 amide bonds. The lowest BCUT2D eigenvalue weighted by molar-refractivity contribution is -0.143. The average Bonchev–Trinajstić information content (AvgIpc) is 2.34. The average molecular weight is 235 g/mol. The smallest absolute Gasteiger partial charge is 0.327 e. The molecule has 3 nitrogen and oxygen atoms in total. The molecule has 0 aliphatic rings. The summed E-state index contributed by atoms with van der Waals surface area (Å²) in [5, 5.41) is 3.29. The molecule has 0 aliphatic heterocycles. The number of nitrogens with one attached hydrogen (secondary N) is 1. The molecule has 17 heavy (non-hydrogen) atoms. The fourth-order valence-corrected chi connectivity index (χ4v) is 1.67. The number of rotatable bonds is 5. The molecule has 0 saturated carbocycles. The van der Waals surface area contributed by atoms with Gasteiger partial charge in [-0.3, -0.25) is 5.32 Å². The summed E-state index contributed by atoms with van der Waals surface area (Å²) in [6.07, 6.45) is 0.972. The van der Waals surface area contributed by atoms with Crippen LogP contribution in [0, 0.1) is 6.92 Å². The largest absolute Gasteiger partial charge is 0.468 e. The molecule has 0 saturated heterocycles. The molecule has 1 rings (SSSR count). The molecule has 0 aliphatic carbocycles. The molecule has 1 N–H and O–H groups in total. The third-order valence-corrected chi connectivity index (χ3v) is 2.88. The third kappa shape index (κ3) is 3.86. The highest BCUT2D eigenvalue weighted by atomic mass is 16.5. The van der Waals surface area contributed by atoms with Crippen LogP contribution >= 0.6 is 0 Å². The van der Waals surface area contributed by atoms with Gasteiger partial charge in [-0.1, -0.05) is 36.8 Å². The third-order valence-electron chi connectivity index (χ3n) is 2.88. The Hall–Kier alpha value is -1.35. The predicted molar refractivity (Wildman–Crippen MR) is 68.8 cm³/mol. The van der Waals surface area contributed by atoms with Gasteiger partial charge < -0.3 is 4.74 Å². The van der Waals surface area contributed by atoms with E-state index < -0.39 is 0 Å². The van der Waals surface area contributed by atoms with Gasteiger partial charge in [-0.05, 0) is 25.8 Å². The maximum Gasteiger partial charge on any atom is 0.327 e. The van der Waals surface area contributed by atoms with Gasteiger partial charge in [0, 0.05) is 6.04 Å². The Balaban J connectivity index is 2.93. The maximum atomic E-state index is 11.8. The topological polar surface area (TPSA) is 38.3 Å². The van der Waals surface area contributed by atoms with Crippen LogP contribution in [0.4, 0.5) is 0 Å². The van der Waals surface area contributed by atoms with Crippen molar-refractivity contribution in [3.05, 3.63) is 35.4 Å². The standard InChI is InChI=1S/C14H21NO2/c1-5-11(3)15-13(14(16)17-4)12-8-6-7-10(2)9-12/h6-9,11,13,15H,5H2,1-4H3. The van der Waals surface area contributed by atoms with Crippen molar-refractivity contribution >= 4 is 5.97 Å². The number of hydrogen-bond acceptors (Lipinski definition) is 3. The van der Waals surface area contributed by atoms with Crippen LogP contribution in [0.1, 0.15) is 37.4 Å². The summed E-state index contributed by atoms with van der Waals surface area (Å²) in [4.78, 5) is 11.8. The summed E-state index contributed by atoms with van der Waals surface area (Å²) in [7, 11) is 1.42. The number of benzene rings is 1. The van der Waals surface area contributed by atoms with Crippen LogP contribution in [-0.2, 0) is 9.53 Å². The van der Waals surface area contributed by atoms with Crippen LogP contribution in [0.2, 0.25) is 0 Å². The minimum atomic E-state index is -0.380. The minimum Gasteiger partial charge on any atom is -0.468 e. The van der Waals surface area contributed by atoms with Crippen molar-refractivity contribution in [1.29, 1.82) is 0 Å². The van der Waals surface area contributed by atoms with Gasteiger partial charge in [0.2, 0.25) is 0 Å². The van der Waals surface area contributed by atoms with E-state index >= 15 is 0 Å². The van der Waals surface area contributed by atoms with E-state index in [1.807, 2.05) is 31.2 Å². The molecule has 0 heterocycles. The first-order chi connectivity index (χ1) is 8.08. The Morgan fingerprint density at radius 1 is 1.47 bits per heavy atom. The molecule has 0 fully saturated rings. The maximum absolute atomic E-state index is 11.8. The molecule has 94 valence electrons. The molecular weight excluding hydrogens is 214 g/mol. The molecule has 0 aromatic heterocycles. The lowest BCUT2D eigenvalue weighted by atomic mass is 10.0. The Morgan fingerprint density at radius 3 is 2.71 bits per heavy atom. The van der Waals surface area contributed by atoms with Crippen molar-refractivity contribution in [3.63, 3.8) is 0 Å². The summed E-state index contributed by atoms with van der Waals surface area (Å²) in [5.41, 5.74) is 2.10. The Bertz CT molecular complexity index is 376. The van der Waals surface area contributed by atoms with E-state index in [1.165, 1.54) is 7.11 Å². The van der Waals surface area contributed by atoms with Gasteiger partial charge in [-0.2, -0.15) is 0 Å². The van der Waals surface area contributed by atoms with E-state index in [0.29, 0.717) is 0 Å². The summed E-state index contributed by atoms with van der Waals surface area (Å²) < 4.78 is 4.85. The van der Waals surface area contributed by atoms with E-state index in [2.05, 4.69) is 19.2 Å². The predicted octanol–water partition coefficient (Wildman–Crippen LogP) is 2.60. The van der Waals surface area contributed by atoms with Crippen LogP contribution < -0.4 is 5.32 Å². The molecule has 0 radical (unpaired) electrons. The van der Waals surface area contributed by atoms with Crippen molar-refractivity contribution in [2.24, 2.45) is 0 Å². The summed E-state index contributed by atoms with van der Waals surface area (Å²) >= 11 is 0. The van der Waals surface area contributed by atoms with Crippen LogP contribution in [-0.4, -0.2) is 19.1 Å². The van der Waals surface area contributed by atoms with Crippen molar-refractivity contribution in [2.75, 3.05) is 7.11 Å². The first-order valence-corrected chi connectivity index (χ1v) is 5.99. The van der Waals surface area contributed by atoms with E-state index in [4.69, 9.17) is 4.74 Å². The van der Waals surface area contributed by atoms with Crippen LogP contribution in [0.15, 0.2) is 24.3 Å². The summed E-state index contributed by atoms with van der Waals surface area (Å²) in [5.74, 6) is -0.240. The number of esters is 1. The van der Waals surface area contributed by atoms with E-state index in [1.54, 1.807) is 0 Å². The zero-order valence-electron chi connectivity index (χ0n) is 11.0. The van der Waals surface area contributed by atoms with Gasteiger partial charge in [0.15, 0.2) is 0 Å². The first kappa shape index (κ1) is 13.7. The van der Waals surface area contributed by atoms with Gasteiger partial charge in [-0.25, -0.2) is 4.79 Å². The first-order valence-electron chi connectivity index (χ1n) is 5.99. The van der Waals surface area contributed by atoms with E-state index in [9.17, 15) is 4.79 Å². The molecule has 2 atom stereocenters. The zero-order valence-corrected chi connectivity index (χ0v) is 11.0. The molecule has 0 bridgehead atoms. The highest BCUT2D eigenvalue weighted by Crippen LogP contribution is 2.17. The quantitative estimate of drug-likeness (QED) is 0.797. The SMILES string of the molecule is CCC(C)NC(C(=O)OC)c1cccc(C)c1. The van der Waals surface area contributed by atoms with Crippen molar-refractivity contribution in [3.8, 4) is 0 Å². The Morgan fingerprint density at radius 2 is 2.18 bits per heavy atom. The molecule has 3 heteroatoms. The zero-order chi connectivity index (χ0) is 12.8. The van der Waals surface area contributed by atoms with E-state index in [0.717, 1.165) is 17.5 Å². The number of hydrogen-bond donors (Lipinski definition) is 1. The van der Waals surface area contributed by atoms with Gasteiger partial charge in [0.05, 0.1) is 7.11 Å². The summed E-state index contributed by atoms with van der Waals surface area (Å²) in [6.45, 7) is 6.16. The van der Waals surface area contributed by atoms with Crippen molar-refractivity contribution in [2.45, 2.75) is 39.3 Å². The van der Waals surface area contributed by atoms with Crippen LogP contribution in [0.3, 0.4) is 0 Å². The Kier molecular flexibility index (Phi) is 5.16. The van der Waals surface area contributed by atoms with E-state index in [-0.39, 0.29) is 18.1 Å². The second kappa shape index (κ2) is 6.40. The normalized spacial score (nSPS) is 14.1. The van der Waals surface area contributed by atoms with Crippen LogP contribution in [0.25, 0.3) is 0 Å². The minimum absolute atomic E-state index is 0.240. The number of carbonyl (C=O) groups excluding carboxylic acids is 1. The fourth-order valence-electron chi connectivity index (χ4n) is 1.67. The lowest BCUT2D eigenvalue weighted by Crippen LogP contribution is -2.35. The van der Waals surface area contributed by atoms with Gasteiger partial charge in [0.1, 0.15) is 6.04 Å². The van der Waals surface area contributed by atoms with Gasteiger partial charge >= 0.3 is 5.97 Å².